The zero-order chi connectivity index (χ0) is 18.9. The van der Waals surface area contributed by atoms with Crippen molar-refractivity contribution >= 4 is 17.5 Å². The summed E-state index contributed by atoms with van der Waals surface area (Å²) < 4.78 is 5.76. The van der Waals surface area contributed by atoms with Crippen molar-refractivity contribution in [2.24, 2.45) is 0 Å². The monoisotopic (exact) mass is 361 g/mol. The molecule has 1 saturated heterocycles. The Labute approximate surface area is 156 Å². The number of ether oxygens (including phenoxy) is 1. The topological polar surface area (TPSA) is 70.7 Å². The number of anilines is 1. The Bertz CT molecular complexity index is 610. The van der Waals surface area contributed by atoms with E-state index >= 15 is 0 Å². The molecule has 1 aromatic carbocycles. The fourth-order valence-electron chi connectivity index (χ4n) is 2.96. The van der Waals surface area contributed by atoms with Crippen LogP contribution >= 0.6 is 0 Å². The van der Waals surface area contributed by atoms with Gasteiger partial charge in [0.05, 0.1) is 18.2 Å². The number of rotatable bonds is 9. The van der Waals surface area contributed by atoms with Crippen LogP contribution in [0.2, 0.25) is 0 Å². The van der Waals surface area contributed by atoms with Crippen LogP contribution in [0.15, 0.2) is 18.2 Å². The molecule has 1 heterocycles. The largest absolute Gasteiger partial charge is 0.490 e. The van der Waals surface area contributed by atoms with E-state index in [2.05, 4.69) is 22.5 Å². The maximum atomic E-state index is 12.5. The molecule has 1 aliphatic rings. The number of likely N-dealkylation sites (tertiary alicyclic amines) is 1. The van der Waals surface area contributed by atoms with Crippen molar-refractivity contribution in [2.45, 2.75) is 52.6 Å². The molecule has 0 bridgehead atoms. The first-order valence-corrected chi connectivity index (χ1v) is 9.60. The van der Waals surface area contributed by atoms with E-state index in [1.165, 1.54) is 0 Å². The second-order valence-corrected chi connectivity index (χ2v) is 7.02. The van der Waals surface area contributed by atoms with Crippen molar-refractivity contribution < 1.29 is 14.3 Å². The molecule has 1 fully saturated rings. The van der Waals surface area contributed by atoms with Crippen LogP contribution in [0, 0.1) is 0 Å². The van der Waals surface area contributed by atoms with Gasteiger partial charge >= 0.3 is 0 Å². The fraction of sp³-hybridized carbons (Fsp3) is 0.600. The summed E-state index contributed by atoms with van der Waals surface area (Å²) >= 11 is 0. The Morgan fingerprint density at radius 2 is 1.96 bits per heavy atom. The van der Waals surface area contributed by atoms with Crippen molar-refractivity contribution in [1.82, 2.24) is 10.2 Å². The van der Waals surface area contributed by atoms with Gasteiger partial charge in [-0.2, -0.15) is 0 Å². The number of nitrogens with one attached hydrogen (secondary N) is 2. The highest BCUT2D eigenvalue weighted by Gasteiger charge is 2.17. The van der Waals surface area contributed by atoms with Gasteiger partial charge < -0.3 is 15.4 Å². The maximum Gasteiger partial charge on any atom is 0.255 e. The second-order valence-electron chi connectivity index (χ2n) is 7.02. The molecule has 0 aliphatic carbocycles. The maximum absolute atomic E-state index is 12.5. The summed E-state index contributed by atoms with van der Waals surface area (Å²) in [6.45, 7) is 8.88. The van der Waals surface area contributed by atoms with Crippen molar-refractivity contribution in [2.75, 3.05) is 31.5 Å². The Kier molecular flexibility index (Phi) is 7.91. The predicted molar refractivity (Wildman–Crippen MR) is 104 cm³/mol. The number of hydrogen-bond donors (Lipinski definition) is 2. The normalized spacial score (nSPS) is 14.5. The number of carbonyl (C=O) groups is 2. The minimum Gasteiger partial charge on any atom is -0.490 e. The van der Waals surface area contributed by atoms with Gasteiger partial charge in [-0.05, 0) is 64.4 Å². The van der Waals surface area contributed by atoms with Crippen molar-refractivity contribution in [1.29, 1.82) is 0 Å². The van der Waals surface area contributed by atoms with E-state index in [9.17, 15) is 9.59 Å². The molecule has 1 aliphatic heterocycles. The standard InChI is InChI=1S/C20H31N3O3/c1-4-5-10-21-20(25)17-13-16(8-9-18(17)26-15(2)3)22-19(24)14-23-11-6-7-12-23/h8-9,13,15H,4-7,10-12,14H2,1-3H3,(H,21,25)(H,22,24). The molecule has 144 valence electrons. The SMILES string of the molecule is CCCCNC(=O)c1cc(NC(=O)CN2CCCC2)ccc1OC(C)C. The molecular formula is C20H31N3O3. The summed E-state index contributed by atoms with van der Waals surface area (Å²) in [5.74, 6) is 0.304. The molecule has 6 nitrogen and oxygen atoms in total. The van der Waals surface area contributed by atoms with Crippen LogP contribution in [0.5, 0.6) is 5.75 Å². The smallest absolute Gasteiger partial charge is 0.255 e. The van der Waals surface area contributed by atoms with Crippen LogP contribution in [-0.2, 0) is 4.79 Å². The second kappa shape index (κ2) is 10.2. The summed E-state index contributed by atoms with van der Waals surface area (Å²) in [4.78, 5) is 26.9. The Morgan fingerprint density at radius 3 is 2.62 bits per heavy atom. The first-order chi connectivity index (χ1) is 12.5. The number of unbranched alkanes of at least 4 members (excludes halogenated alkanes) is 1. The third-order valence-electron chi connectivity index (χ3n) is 4.25. The van der Waals surface area contributed by atoms with Gasteiger partial charge in [0.15, 0.2) is 0 Å². The molecule has 0 radical (unpaired) electrons. The minimum absolute atomic E-state index is 0.0344. The van der Waals surface area contributed by atoms with E-state index in [-0.39, 0.29) is 17.9 Å². The number of hydrogen-bond acceptors (Lipinski definition) is 4. The molecule has 2 rings (SSSR count). The average molecular weight is 361 g/mol. The summed E-state index contributed by atoms with van der Waals surface area (Å²) in [5, 5.41) is 5.81. The third kappa shape index (κ3) is 6.33. The first-order valence-electron chi connectivity index (χ1n) is 9.60. The van der Waals surface area contributed by atoms with Crippen LogP contribution in [-0.4, -0.2) is 49.0 Å². The lowest BCUT2D eigenvalue weighted by Crippen LogP contribution is -2.31. The fourth-order valence-corrected chi connectivity index (χ4v) is 2.96. The lowest BCUT2D eigenvalue weighted by atomic mass is 10.1. The van der Waals surface area contributed by atoms with E-state index in [1.54, 1.807) is 18.2 Å². The zero-order valence-electron chi connectivity index (χ0n) is 16.1. The van der Waals surface area contributed by atoms with E-state index in [0.29, 0.717) is 30.1 Å². The highest BCUT2D eigenvalue weighted by Crippen LogP contribution is 2.24. The van der Waals surface area contributed by atoms with Crippen molar-refractivity contribution in [3.63, 3.8) is 0 Å². The summed E-state index contributed by atoms with van der Waals surface area (Å²) in [5.41, 5.74) is 1.07. The van der Waals surface area contributed by atoms with Crippen molar-refractivity contribution in [3.05, 3.63) is 23.8 Å². The molecule has 0 atom stereocenters. The van der Waals surface area contributed by atoms with Gasteiger partial charge in [0.2, 0.25) is 5.91 Å². The molecule has 2 amide bonds. The molecular weight excluding hydrogens is 330 g/mol. The van der Waals surface area contributed by atoms with E-state index < -0.39 is 0 Å². The van der Waals surface area contributed by atoms with Gasteiger partial charge in [-0.3, -0.25) is 14.5 Å². The lowest BCUT2D eigenvalue weighted by molar-refractivity contribution is -0.117. The molecule has 0 spiro atoms. The zero-order valence-corrected chi connectivity index (χ0v) is 16.1. The number of nitrogens with zero attached hydrogens (tertiary/aromatic N) is 1. The number of carbonyl (C=O) groups excluding carboxylic acids is 2. The van der Waals surface area contributed by atoms with E-state index in [0.717, 1.165) is 38.8 Å². The Balaban J connectivity index is 2.07. The van der Waals surface area contributed by atoms with Gasteiger partial charge in [-0.25, -0.2) is 0 Å². The van der Waals surface area contributed by atoms with Crippen LogP contribution < -0.4 is 15.4 Å². The van der Waals surface area contributed by atoms with Gasteiger partial charge in [0.1, 0.15) is 5.75 Å². The summed E-state index contributed by atoms with van der Waals surface area (Å²) in [7, 11) is 0. The molecule has 2 N–H and O–H groups in total. The highest BCUT2D eigenvalue weighted by atomic mass is 16.5. The third-order valence-corrected chi connectivity index (χ3v) is 4.25. The van der Waals surface area contributed by atoms with Gasteiger partial charge in [-0.1, -0.05) is 13.3 Å². The van der Waals surface area contributed by atoms with Crippen LogP contribution in [0.1, 0.15) is 56.8 Å². The van der Waals surface area contributed by atoms with Crippen molar-refractivity contribution in [3.8, 4) is 5.75 Å². The quantitative estimate of drug-likeness (QED) is 0.663. The number of benzene rings is 1. The van der Waals surface area contributed by atoms with Crippen LogP contribution in [0.3, 0.4) is 0 Å². The Morgan fingerprint density at radius 1 is 1.23 bits per heavy atom. The van der Waals surface area contributed by atoms with Crippen LogP contribution in [0.4, 0.5) is 5.69 Å². The highest BCUT2D eigenvalue weighted by molar-refractivity contribution is 5.99. The molecule has 1 aromatic rings. The van der Waals surface area contributed by atoms with E-state index in [1.807, 2.05) is 13.8 Å². The first kappa shape index (κ1) is 20.2. The molecule has 26 heavy (non-hydrogen) atoms. The number of amides is 2. The lowest BCUT2D eigenvalue weighted by Gasteiger charge is -2.17. The molecule has 6 heteroatoms. The van der Waals surface area contributed by atoms with E-state index in [4.69, 9.17) is 4.74 Å². The Hall–Kier alpha value is -2.08. The van der Waals surface area contributed by atoms with Gasteiger partial charge in [-0.15, -0.1) is 0 Å². The summed E-state index contributed by atoms with van der Waals surface area (Å²) in [6.07, 6.45) is 4.21. The molecule has 0 unspecified atom stereocenters. The summed E-state index contributed by atoms with van der Waals surface area (Å²) in [6, 6.07) is 5.23. The molecule has 0 aromatic heterocycles. The molecule has 0 saturated carbocycles. The minimum atomic E-state index is -0.176. The predicted octanol–water partition coefficient (Wildman–Crippen LogP) is 3.04. The van der Waals surface area contributed by atoms with Gasteiger partial charge in [0, 0.05) is 12.2 Å². The van der Waals surface area contributed by atoms with Crippen LogP contribution in [0.25, 0.3) is 0 Å². The van der Waals surface area contributed by atoms with Gasteiger partial charge in [0.25, 0.3) is 5.91 Å². The average Bonchev–Trinajstić information content (AvgIpc) is 3.08.